The fourth-order valence-electron chi connectivity index (χ4n) is 2.01. The lowest BCUT2D eigenvalue weighted by Crippen LogP contribution is -2.46. The molecule has 0 amide bonds. The fraction of sp³-hybridized carbons (Fsp3) is 0.571. The molecule has 0 bridgehead atoms. The summed E-state index contributed by atoms with van der Waals surface area (Å²) in [5.41, 5.74) is 1.03. The largest absolute Gasteiger partial charge is 0.501 e. The average molecular weight is 337 g/mol. The topological polar surface area (TPSA) is 27.7 Å². The molecule has 0 N–H and O–H groups in total. The van der Waals surface area contributed by atoms with E-state index in [1.54, 1.807) is 6.07 Å². The van der Waals surface area contributed by atoms with Crippen molar-refractivity contribution >= 4 is 32.0 Å². The van der Waals surface area contributed by atoms with Crippen LogP contribution in [-0.2, 0) is 19.7 Å². The highest BCUT2D eigenvalue weighted by Gasteiger charge is 2.39. The predicted octanol–water partition coefficient (Wildman–Crippen LogP) is 4.58. The van der Waals surface area contributed by atoms with Gasteiger partial charge in [0.25, 0.3) is 0 Å². The second kappa shape index (κ2) is 9.03. The fourth-order valence-corrected chi connectivity index (χ4v) is 5.09. The van der Waals surface area contributed by atoms with Gasteiger partial charge in [0.2, 0.25) is 0 Å². The Kier molecular flexibility index (Phi) is 8.10. The first-order valence-electron chi connectivity index (χ1n) is 6.92. The Labute approximate surface area is 132 Å². The molecule has 20 heavy (non-hydrogen) atoms. The molecule has 6 heteroatoms. The maximum absolute atomic E-state index is 6.20. The lowest BCUT2D eigenvalue weighted by Gasteiger charge is -2.28. The van der Waals surface area contributed by atoms with Crippen molar-refractivity contribution in [1.29, 1.82) is 0 Å². The van der Waals surface area contributed by atoms with E-state index in [-0.39, 0.29) is 0 Å². The molecule has 0 atom stereocenters. The van der Waals surface area contributed by atoms with E-state index in [9.17, 15) is 0 Å². The minimum Gasteiger partial charge on any atom is -0.374 e. The highest BCUT2D eigenvalue weighted by molar-refractivity contribution is 6.60. The molecule has 1 rings (SSSR count). The van der Waals surface area contributed by atoms with E-state index in [1.807, 2.05) is 32.9 Å². The molecule has 0 radical (unpaired) electrons. The third-order valence-corrected chi connectivity index (χ3v) is 6.44. The lowest BCUT2D eigenvalue weighted by molar-refractivity contribution is 0.0714. The van der Waals surface area contributed by atoms with Crippen LogP contribution in [0.4, 0.5) is 0 Å². The highest BCUT2D eigenvalue weighted by Crippen LogP contribution is 2.25. The van der Waals surface area contributed by atoms with Crippen LogP contribution in [0, 0.1) is 0 Å². The van der Waals surface area contributed by atoms with E-state index in [0.717, 1.165) is 12.0 Å². The molecule has 0 aliphatic rings. The van der Waals surface area contributed by atoms with Crippen LogP contribution in [0.2, 0.25) is 16.1 Å². The van der Waals surface area contributed by atoms with E-state index in [4.69, 9.17) is 36.5 Å². The van der Waals surface area contributed by atoms with Gasteiger partial charge in [-0.1, -0.05) is 29.3 Å². The normalized spacial score (nSPS) is 11.8. The van der Waals surface area contributed by atoms with Gasteiger partial charge in [-0.15, -0.1) is 0 Å². The molecule has 0 heterocycles. The quantitative estimate of drug-likeness (QED) is 0.617. The first-order valence-corrected chi connectivity index (χ1v) is 9.61. The Bertz CT molecular complexity index is 398. The van der Waals surface area contributed by atoms with Crippen LogP contribution in [0.3, 0.4) is 0 Å². The maximum atomic E-state index is 6.20. The molecule has 0 spiro atoms. The number of hydrogen-bond donors (Lipinski definition) is 0. The molecule has 1 aromatic carbocycles. The smallest absolute Gasteiger partial charge is 0.374 e. The zero-order chi connectivity index (χ0) is 15.0. The van der Waals surface area contributed by atoms with Gasteiger partial charge in [-0.3, -0.25) is 0 Å². The number of halogens is 2. The Morgan fingerprint density at radius 1 is 0.950 bits per heavy atom. The molecule has 0 saturated heterocycles. The van der Waals surface area contributed by atoms with Gasteiger partial charge in [-0.25, -0.2) is 0 Å². The maximum Gasteiger partial charge on any atom is 0.501 e. The molecule has 0 aliphatic heterocycles. The summed E-state index contributed by atoms with van der Waals surface area (Å²) in [5, 5.41) is 1.31. The van der Waals surface area contributed by atoms with E-state index in [0.29, 0.717) is 35.9 Å². The molecular weight excluding hydrogens is 315 g/mol. The van der Waals surface area contributed by atoms with Crippen LogP contribution < -0.4 is 0 Å². The van der Waals surface area contributed by atoms with Gasteiger partial charge >= 0.3 is 8.80 Å². The van der Waals surface area contributed by atoms with Gasteiger partial charge in [0, 0.05) is 35.9 Å². The number of hydrogen-bond acceptors (Lipinski definition) is 3. The third-order valence-electron chi connectivity index (χ3n) is 2.81. The third kappa shape index (κ3) is 5.35. The van der Waals surface area contributed by atoms with Crippen molar-refractivity contribution in [3.63, 3.8) is 0 Å². The Balaban J connectivity index is 2.78. The molecule has 0 unspecified atom stereocenters. The second-order valence-corrected chi connectivity index (χ2v) is 7.79. The first-order chi connectivity index (χ1) is 9.56. The van der Waals surface area contributed by atoms with E-state index < -0.39 is 8.80 Å². The summed E-state index contributed by atoms with van der Waals surface area (Å²) in [6.45, 7) is 7.61. The van der Waals surface area contributed by atoms with Crippen LogP contribution in [0.1, 0.15) is 26.3 Å². The summed E-state index contributed by atoms with van der Waals surface area (Å²) < 4.78 is 17.5. The zero-order valence-electron chi connectivity index (χ0n) is 12.2. The van der Waals surface area contributed by atoms with Crippen molar-refractivity contribution in [3.8, 4) is 0 Å². The van der Waals surface area contributed by atoms with E-state index in [2.05, 4.69) is 0 Å². The minimum atomic E-state index is -2.61. The van der Waals surface area contributed by atoms with Crippen molar-refractivity contribution in [3.05, 3.63) is 33.8 Å². The standard InChI is InChI=1S/C14H22Cl2O3Si/c1-4-17-20(18-5-2,19-6-3)10-9-12-7-8-13(15)11-14(12)16/h7-8,11H,4-6,9-10H2,1-3H3. The minimum absolute atomic E-state index is 0.584. The van der Waals surface area contributed by atoms with E-state index >= 15 is 0 Å². The molecule has 0 saturated carbocycles. The highest BCUT2D eigenvalue weighted by atomic mass is 35.5. The summed E-state index contributed by atoms with van der Waals surface area (Å²) in [7, 11) is -2.61. The number of rotatable bonds is 9. The predicted molar refractivity (Wildman–Crippen MR) is 85.6 cm³/mol. The Hall–Kier alpha value is -0.103. The van der Waals surface area contributed by atoms with Crippen LogP contribution in [0.15, 0.2) is 18.2 Å². The first kappa shape index (κ1) is 17.9. The lowest BCUT2D eigenvalue weighted by atomic mass is 10.2. The number of aryl methyl sites for hydroxylation is 1. The molecule has 0 aromatic heterocycles. The van der Waals surface area contributed by atoms with Crippen molar-refractivity contribution in [2.75, 3.05) is 19.8 Å². The van der Waals surface area contributed by atoms with Crippen molar-refractivity contribution in [2.24, 2.45) is 0 Å². The molecule has 3 nitrogen and oxygen atoms in total. The van der Waals surface area contributed by atoms with Crippen molar-refractivity contribution < 1.29 is 13.3 Å². The zero-order valence-corrected chi connectivity index (χ0v) is 14.8. The summed E-state index contributed by atoms with van der Waals surface area (Å²) in [6, 6.07) is 6.25. The van der Waals surface area contributed by atoms with E-state index in [1.165, 1.54) is 0 Å². The van der Waals surface area contributed by atoms with Gasteiger partial charge in [0.05, 0.1) is 0 Å². The van der Waals surface area contributed by atoms with Gasteiger partial charge < -0.3 is 13.3 Å². The van der Waals surface area contributed by atoms with Gasteiger partial charge in [-0.05, 0) is 44.9 Å². The Morgan fingerprint density at radius 3 is 1.95 bits per heavy atom. The van der Waals surface area contributed by atoms with Crippen LogP contribution in [0.25, 0.3) is 0 Å². The average Bonchev–Trinajstić information content (AvgIpc) is 2.38. The monoisotopic (exact) mass is 336 g/mol. The SMILES string of the molecule is CCO[Si](CCc1ccc(Cl)cc1Cl)(OCC)OCC. The van der Waals surface area contributed by atoms with Gasteiger partial charge in [0.15, 0.2) is 0 Å². The molecule has 1 aromatic rings. The van der Waals surface area contributed by atoms with Crippen molar-refractivity contribution in [1.82, 2.24) is 0 Å². The summed E-state index contributed by atoms with van der Waals surface area (Å²) in [6.07, 6.45) is 0.752. The second-order valence-electron chi connectivity index (χ2n) is 4.22. The molecule has 0 aliphatic carbocycles. The summed E-state index contributed by atoms with van der Waals surface area (Å²) in [4.78, 5) is 0. The van der Waals surface area contributed by atoms with Gasteiger partial charge in [0.1, 0.15) is 0 Å². The van der Waals surface area contributed by atoms with Crippen LogP contribution in [-0.4, -0.2) is 28.6 Å². The van der Waals surface area contributed by atoms with Gasteiger partial charge in [-0.2, -0.15) is 0 Å². The summed E-state index contributed by atoms with van der Waals surface area (Å²) in [5.74, 6) is 0. The van der Waals surface area contributed by atoms with Crippen molar-refractivity contribution in [2.45, 2.75) is 33.2 Å². The Morgan fingerprint density at radius 2 is 1.50 bits per heavy atom. The van der Waals surface area contributed by atoms with Crippen LogP contribution in [0.5, 0.6) is 0 Å². The molecule has 0 fully saturated rings. The van der Waals surface area contributed by atoms with Crippen LogP contribution >= 0.6 is 23.2 Å². The number of benzene rings is 1. The molecular formula is C14H22Cl2O3Si. The summed E-state index contributed by atoms with van der Waals surface area (Å²) >= 11 is 12.1. The molecule has 114 valence electrons.